The summed E-state index contributed by atoms with van der Waals surface area (Å²) in [5.41, 5.74) is 0. The van der Waals surface area contributed by atoms with E-state index in [1.165, 1.54) is 32.4 Å². The van der Waals surface area contributed by atoms with Gasteiger partial charge >= 0.3 is 0 Å². The minimum absolute atomic E-state index is 0. The van der Waals surface area contributed by atoms with Gasteiger partial charge in [-0.05, 0) is 38.8 Å². The third-order valence-corrected chi connectivity index (χ3v) is 4.17. The second-order valence-electron chi connectivity index (χ2n) is 5.55. The van der Waals surface area contributed by atoms with E-state index in [9.17, 15) is 4.79 Å². The number of likely N-dealkylation sites (tertiary alicyclic amines) is 2. The molecule has 2 aliphatic rings. The van der Waals surface area contributed by atoms with Gasteiger partial charge in [0.15, 0.2) is 0 Å². The first kappa shape index (κ1) is 20.9. The van der Waals surface area contributed by atoms with Crippen molar-refractivity contribution in [3.05, 3.63) is 0 Å². The van der Waals surface area contributed by atoms with Gasteiger partial charge in [-0.2, -0.15) is 0 Å². The Morgan fingerprint density at radius 3 is 2.57 bits per heavy atom. The molecule has 2 fully saturated rings. The number of ether oxygens (including phenoxy) is 1. The lowest BCUT2D eigenvalue weighted by atomic mass is 10.0. The Morgan fingerprint density at radius 2 is 1.90 bits per heavy atom. The molecule has 21 heavy (non-hydrogen) atoms. The number of carbonyl (C=O) groups excluding carboxylic acids is 1. The number of halogens is 2. The van der Waals surface area contributed by atoms with Crippen LogP contribution in [0, 0.1) is 0 Å². The highest BCUT2D eigenvalue weighted by atomic mass is 35.5. The summed E-state index contributed by atoms with van der Waals surface area (Å²) in [6.45, 7) is 6.13. The van der Waals surface area contributed by atoms with E-state index in [-0.39, 0.29) is 30.7 Å². The quantitative estimate of drug-likeness (QED) is 0.736. The van der Waals surface area contributed by atoms with Crippen LogP contribution in [0.25, 0.3) is 0 Å². The van der Waals surface area contributed by atoms with Crippen LogP contribution in [0.4, 0.5) is 0 Å². The zero-order valence-electron chi connectivity index (χ0n) is 12.9. The van der Waals surface area contributed by atoms with Gasteiger partial charge in [0.25, 0.3) is 0 Å². The highest BCUT2D eigenvalue weighted by Gasteiger charge is 2.28. The summed E-state index contributed by atoms with van der Waals surface area (Å²) in [6, 6.07) is 0.596. The number of hydrogen-bond acceptors (Lipinski definition) is 4. The van der Waals surface area contributed by atoms with Crippen molar-refractivity contribution in [3.8, 4) is 0 Å². The number of nitrogens with zero attached hydrogens (tertiary/aromatic N) is 2. The summed E-state index contributed by atoms with van der Waals surface area (Å²) >= 11 is 0. The van der Waals surface area contributed by atoms with Crippen molar-refractivity contribution in [2.24, 2.45) is 0 Å². The molecule has 0 bridgehead atoms. The minimum atomic E-state index is 0. The number of rotatable bonds is 6. The van der Waals surface area contributed by atoms with Crippen LogP contribution >= 0.6 is 24.8 Å². The second-order valence-corrected chi connectivity index (χ2v) is 5.55. The predicted octanol–water partition coefficient (Wildman–Crippen LogP) is 1.15. The lowest BCUT2D eigenvalue weighted by molar-refractivity contribution is -0.132. The largest absolute Gasteiger partial charge is 0.383 e. The molecule has 0 saturated carbocycles. The van der Waals surface area contributed by atoms with Crippen LogP contribution in [-0.4, -0.2) is 74.7 Å². The molecule has 0 aromatic carbocycles. The molecule has 0 spiro atoms. The van der Waals surface area contributed by atoms with Gasteiger partial charge in [-0.15, -0.1) is 24.8 Å². The standard InChI is InChI=1S/C14H27N3O2.2ClH/c1-19-10-6-15-11-14(18)17-9-4-5-13(12-17)16-7-2-3-8-16;;/h13,15H,2-12H2,1H3;2*1H. The van der Waals surface area contributed by atoms with Crippen molar-refractivity contribution >= 4 is 30.7 Å². The van der Waals surface area contributed by atoms with Crippen LogP contribution in [0.1, 0.15) is 25.7 Å². The van der Waals surface area contributed by atoms with Gasteiger partial charge < -0.3 is 15.0 Å². The van der Waals surface area contributed by atoms with Crippen LogP contribution in [0.2, 0.25) is 0 Å². The lowest BCUT2D eigenvalue weighted by Crippen LogP contribution is -2.51. The van der Waals surface area contributed by atoms with Crippen molar-refractivity contribution in [2.75, 3.05) is 53.0 Å². The van der Waals surface area contributed by atoms with Gasteiger partial charge in [-0.25, -0.2) is 0 Å². The molecule has 2 heterocycles. The maximum absolute atomic E-state index is 12.1. The molecule has 5 nitrogen and oxygen atoms in total. The fourth-order valence-corrected chi connectivity index (χ4v) is 3.07. The molecule has 2 aliphatic heterocycles. The van der Waals surface area contributed by atoms with Gasteiger partial charge in [0, 0.05) is 32.8 Å². The molecule has 0 aromatic heterocycles. The van der Waals surface area contributed by atoms with E-state index in [0.717, 1.165) is 26.1 Å². The molecule has 1 unspecified atom stereocenters. The number of carbonyl (C=O) groups is 1. The number of piperidine rings is 1. The van der Waals surface area contributed by atoms with Crippen LogP contribution in [0.5, 0.6) is 0 Å². The summed E-state index contributed by atoms with van der Waals surface area (Å²) in [7, 11) is 1.68. The third kappa shape index (κ3) is 6.70. The van der Waals surface area contributed by atoms with Gasteiger partial charge in [0.05, 0.1) is 13.2 Å². The summed E-state index contributed by atoms with van der Waals surface area (Å²) < 4.78 is 4.96. The first-order valence-electron chi connectivity index (χ1n) is 7.52. The van der Waals surface area contributed by atoms with Crippen LogP contribution in [0.3, 0.4) is 0 Å². The Balaban J connectivity index is 0.00000200. The summed E-state index contributed by atoms with van der Waals surface area (Å²) in [4.78, 5) is 16.7. The molecule has 2 saturated heterocycles. The molecule has 0 radical (unpaired) electrons. The topological polar surface area (TPSA) is 44.8 Å². The van der Waals surface area contributed by atoms with E-state index in [2.05, 4.69) is 10.2 Å². The highest BCUT2D eigenvalue weighted by Crippen LogP contribution is 2.20. The molecule has 0 aliphatic carbocycles. The average Bonchev–Trinajstić information content (AvgIpc) is 2.98. The summed E-state index contributed by atoms with van der Waals surface area (Å²) in [5, 5.41) is 3.14. The smallest absolute Gasteiger partial charge is 0.236 e. The Kier molecular flexibility index (Phi) is 11.5. The van der Waals surface area contributed by atoms with E-state index in [0.29, 0.717) is 19.2 Å². The molecule has 2 rings (SSSR count). The average molecular weight is 342 g/mol. The molecule has 0 aromatic rings. The number of methoxy groups -OCH3 is 1. The monoisotopic (exact) mass is 341 g/mol. The van der Waals surface area contributed by atoms with Gasteiger partial charge in [0.2, 0.25) is 5.91 Å². The number of nitrogens with one attached hydrogen (secondary N) is 1. The van der Waals surface area contributed by atoms with E-state index >= 15 is 0 Å². The molecule has 7 heteroatoms. The van der Waals surface area contributed by atoms with Crippen molar-refractivity contribution in [2.45, 2.75) is 31.7 Å². The Bertz CT molecular complexity index is 289. The lowest BCUT2D eigenvalue weighted by Gasteiger charge is -2.37. The highest BCUT2D eigenvalue weighted by molar-refractivity contribution is 5.85. The van der Waals surface area contributed by atoms with Gasteiger partial charge in [-0.1, -0.05) is 0 Å². The molecule has 1 atom stereocenters. The van der Waals surface area contributed by atoms with Crippen LogP contribution in [-0.2, 0) is 9.53 Å². The third-order valence-electron chi connectivity index (χ3n) is 4.17. The Hall–Kier alpha value is -0.0700. The first-order valence-corrected chi connectivity index (χ1v) is 7.52. The predicted molar refractivity (Wildman–Crippen MR) is 89.7 cm³/mol. The van der Waals surface area contributed by atoms with Crippen LogP contribution in [0.15, 0.2) is 0 Å². The maximum atomic E-state index is 12.1. The summed E-state index contributed by atoms with van der Waals surface area (Å²) in [6.07, 6.45) is 5.04. The molecular weight excluding hydrogens is 313 g/mol. The SMILES string of the molecule is COCCNCC(=O)N1CCCC(N2CCCC2)C1.Cl.Cl. The van der Waals surface area contributed by atoms with Crippen molar-refractivity contribution in [1.82, 2.24) is 15.1 Å². The van der Waals surface area contributed by atoms with Crippen LogP contribution < -0.4 is 5.32 Å². The van der Waals surface area contributed by atoms with Crippen molar-refractivity contribution in [1.29, 1.82) is 0 Å². The summed E-state index contributed by atoms with van der Waals surface area (Å²) in [5.74, 6) is 0.236. The number of hydrogen-bond donors (Lipinski definition) is 1. The fourth-order valence-electron chi connectivity index (χ4n) is 3.07. The first-order chi connectivity index (χ1) is 9.31. The molecule has 1 N–H and O–H groups in total. The van der Waals surface area contributed by atoms with Gasteiger partial charge in [-0.3, -0.25) is 9.69 Å². The number of amides is 1. The van der Waals surface area contributed by atoms with E-state index in [4.69, 9.17) is 4.74 Å². The van der Waals surface area contributed by atoms with E-state index < -0.39 is 0 Å². The van der Waals surface area contributed by atoms with Gasteiger partial charge in [0.1, 0.15) is 0 Å². The molecule has 126 valence electrons. The van der Waals surface area contributed by atoms with E-state index in [1.54, 1.807) is 7.11 Å². The minimum Gasteiger partial charge on any atom is -0.383 e. The Morgan fingerprint density at radius 1 is 1.19 bits per heavy atom. The molecule has 1 amide bonds. The Labute approximate surface area is 140 Å². The maximum Gasteiger partial charge on any atom is 0.236 e. The zero-order valence-corrected chi connectivity index (χ0v) is 14.5. The van der Waals surface area contributed by atoms with Crippen molar-refractivity contribution < 1.29 is 9.53 Å². The molecular formula is C14H29Cl2N3O2. The normalized spacial score (nSPS) is 22.5. The second kappa shape index (κ2) is 11.5. The van der Waals surface area contributed by atoms with Crippen molar-refractivity contribution in [3.63, 3.8) is 0 Å². The van der Waals surface area contributed by atoms with E-state index in [1.807, 2.05) is 4.90 Å². The zero-order chi connectivity index (χ0) is 13.5. The fraction of sp³-hybridized carbons (Fsp3) is 0.929.